The van der Waals surface area contributed by atoms with Gasteiger partial charge in [0, 0.05) is 11.1 Å². The lowest BCUT2D eigenvalue weighted by Crippen LogP contribution is -2.01. The van der Waals surface area contributed by atoms with E-state index in [0.29, 0.717) is 21.5 Å². The van der Waals surface area contributed by atoms with Gasteiger partial charge in [-0.1, -0.05) is 18.2 Å². The summed E-state index contributed by atoms with van der Waals surface area (Å²) in [6.07, 6.45) is 0.766. The standard InChI is InChI=1S/C12H11BrO3/c1-15-10-5-3-2-4-8(10)11(14)9-6-7-16-12(9)13/h2-7,11,14H,1H3. The molecular weight excluding hydrogens is 272 g/mol. The number of rotatable bonds is 3. The highest BCUT2D eigenvalue weighted by atomic mass is 79.9. The van der Waals surface area contributed by atoms with Crippen LogP contribution in [-0.2, 0) is 0 Å². The summed E-state index contributed by atoms with van der Waals surface area (Å²) in [4.78, 5) is 0. The molecule has 3 nitrogen and oxygen atoms in total. The molecule has 1 aromatic carbocycles. The molecule has 84 valence electrons. The van der Waals surface area contributed by atoms with E-state index in [2.05, 4.69) is 15.9 Å². The van der Waals surface area contributed by atoms with Gasteiger partial charge >= 0.3 is 0 Å². The average molecular weight is 283 g/mol. The predicted molar refractivity (Wildman–Crippen MR) is 63.5 cm³/mol. The summed E-state index contributed by atoms with van der Waals surface area (Å²) in [5.41, 5.74) is 1.40. The van der Waals surface area contributed by atoms with Crippen LogP contribution in [0.4, 0.5) is 0 Å². The van der Waals surface area contributed by atoms with Crippen LogP contribution in [0.15, 0.2) is 45.7 Å². The van der Waals surface area contributed by atoms with Crippen molar-refractivity contribution < 1.29 is 14.3 Å². The maximum absolute atomic E-state index is 10.2. The van der Waals surface area contributed by atoms with Crippen LogP contribution in [0.1, 0.15) is 17.2 Å². The zero-order valence-electron chi connectivity index (χ0n) is 8.68. The molecule has 1 N–H and O–H groups in total. The van der Waals surface area contributed by atoms with E-state index in [1.807, 2.05) is 24.3 Å². The number of furan rings is 1. The molecule has 0 aliphatic heterocycles. The Balaban J connectivity index is 2.41. The van der Waals surface area contributed by atoms with E-state index >= 15 is 0 Å². The highest BCUT2D eigenvalue weighted by Gasteiger charge is 2.18. The van der Waals surface area contributed by atoms with Crippen LogP contribution in [0.2, 0.25) is 0 Å². The zero-order chi connectivity index (χ0) is 11.5. The summed E-state index contributed by atoms with van der Waals surface area (Å²) in [7, 11) is 1.58. The summed E-state index contributed by atoms with van der Waals surface area (Å²) in [6, 6.07) is 9.07. The summed E-state index contributed by atoms with van der Waals surface area (Å²) in [6.45, 7) is 0. The maximum atomic E-state index is 10.2. The van der Waals surface area contributed by atoms with Gasteiger partial charge in [0.15, 0.2) is 4.67 Å². The molecule has 1 heterocycles. The predicted octanol–water partition coefficient (Wildman–Crippen LogP) is 3.13. The minimum absolute atomic E-state index is 0.533. The fourth-order valence-corrected chi connectivity index (χ4v) is 2.02. The monoisotopic (exact) mass is 282 g/mol. The lowest BCUT2D eigenvalue weighted by atomic mass is 10.0. The highest BCUT2D eigenvalue weighted by Crippen LogP contribution is 2.33. The van der Waals surface area contributed by atoms with Gasteiger partial charge in [0.25, 0.3) is 0 Å². The number of hydrogen-bond acceptors (Lipinski definition) is 3. The lowest BCUT2D eigenvalue weighted by molar-refractivity contribution is 0.212. The Hall–Kier alpha value is -1.26. The van der Waals surface area contributed by atoms with Crippen molar-refractivity contribution in [3.63, 3.8) is 0 Å². The third-order valence-corrected chi connectivity index (χ3v) is 3.02. The summed E-state index contributed by atoms with van der Waals surface area (Å²) >= 11 is 3.24. The minimum atomic E-state index is -0.760. The molecule has 0 fully saturated rings. The topological polar surface area (TPSA) is 42.6 Å². The molecule has 1 aromatic heterocycles. The Morgan fingerprint density at radius 1 is 1.25 bits per heavy atom. The van der Waals surface area contributed by atoms with Crippen LogP contribution in [0.25, 0.3) is 0 Å². The van der Waals surface area contributed by atoms with Crippen molar-refractivity contribution in [2.45, 2.75) is 6.10 Å². The highest BCUT2D eigenvalue weighted by molar-refractivity contribution is 9.10. The van der Waals surface area contributed by atoms with Crippen LogP contribution in [0.5, 0.6) is 5.75 Å². The molecule has 0 radical (unpaired) electrons. The van der Waals surface area contributed by atoms with E-state index in [9.17, 15) is 5.11 Å². The Morgan fingerprint density at radius 2 is 2.00 bits per heavy atom. The largest absolute Gasteiger partial charge is 0.496 e. The molecule has 0 saturated heterocycles. The van der Waals surface area contributed by atoms with Gasteiger partial charge in [-0.2, -0.15) is 0 Å². The lowest BCUT2D eigenvalue weighted by Gasteiger charge is -2.13. The quantitative estimate of drug-likeness (QED) is 0.941. The number of aliphatic hydroxyl groups excluding tert-OH is 1. The molecule has 0 amide bonds. The molecule has 16 heavy (non-hydrogen) atoms. The van der Waals surface area contributed by atoms with Crippen molar-refractivity contribution in [2.75, 3.05) is 7.11 Å². The molecule has 2 rings (SSSR count). The molecule has 1 unspecified atom stereocenters. The number of methoxy groups -OCH3 is 1. The number of benzene rings is 1. The van der Waals surface area contributed by atoms with E-state index < -0.39 is 6.10 Å². The second-order valence-electron chi connectivity index (χ2n) is 3.29. The van der Waals surface area contributed by atoms with Crippen LogP contribution in [0, 0.1) is 0 Å². The average Bonchev–Trinajstić information content (AvgIpc) is 2.74. The maximum Gasteiger partial charge on any atom is 0.175 e. The van der Waals surface area contributed by atoms with E-state index in [4.69, 9.17) is 9.15 Å². The van der Waals surface area contributed by atoms with Crippen molar-refractivity contribution in [3.8, 4) is 5.75 Å². The van der Waals surface area contributed by atoms with Crippen molar-refractivity contribution in [3.05, 3.63) is 52.4 Å². The molecule has 1 atom stereocenters. The van der Waals surface area contributed by atoms with E-state index in [0.717, 1.165) is 0 Å². The van der Waals surface area contributed by atoms with Crippen molar-refractivity contribution in [1.29, 1.82) is 0 Å². The minimum Gasteiger partial charge on any atom is -0.496 e. The Bertz CT molecular complexity index is 479. The van der Waals surface area contributed by atoms with Gasteiger partial charge in [0.2, 0.25) is 0 Å². The van der Waals surface area contributed by atoms with Gasteiger partial charge in [-0.05, 0) is 28.1 Å². The van der Waals surface area contributed by atoms with Crippen LogP contribution >= 0.6 is 15.9 Å². The van der Waals surface area contributed by atoms with Crippen molar-refractivity contribution in [2.24, 2.45) is 0 Å². The van der Waals surface area contributed by atoms with Crippen LogP contribution < -0.4 is 4.74 Å². The summed E-state index contributed by atoms with van der Waals surface area (Å²) in [5.74, 6) is 0.656. The van der Waals surface area contributed by atoms with E-state index in [1.165, 1.54) is 6.26 Å². The smallest absolute Gasteiger partial charge is 0.175 e. The zero-order valence-corrected chi connectivity index (χ0v) is 10.3. The molecule has 4 heteroatoms. The van der Waals surface area contributed by atoms with E-state index in [-0.39, 0.29) is 0 Å². The second kappa shape index (κ2) is 4.72. The normalized spacial score (nSPS) is 12.4. The third-order valence-electron chi connectivity index (χ3n) is 2.37. The number of aliphatic hydroxyl groups is 1. The first-order valence-corrected chi connectivity index (χ1v) is 5.57. The Morgan fingerprint density at radius 3 is 2.62 bits per heavy atom. The summed E-state index contributed by atoms with van der Waals surface area (Å²) in [5, 5.41) is 10.2. The van der Waals surface area contributed by atoms with Gasteiger partial charge in [0.05, 0.1) is 13.4 Å². The fraction of sp³-hybridized carbons (Fsp3) is 0.167. The first kappa shape index (κ1) is 11.2. The first-order chi connectivity index (χ1) is 7.74. The Labute approximate surface area is 102 Å². The van der Waals surface area contributed by atoms with Gasteiger partial charge in [-0.15, -0.1) is 0 Å². The molecule has 0 aliphatic rings. The van der Waals surface area contributed by atoms with Gasteiger partial charge in [-0.25, -0.2) is 0 Å². The van der Waals surface area contributed by atoms with E-state index in [1.54, 1.807) is 13.2 Å². The van der Waals surface area contributed by atoms with Gasteiger partial charge < -0.3 is 14.3 Å². The number of ether oxygens (including phenoxy) is 1. The SMILES string of the molecule is COc1ccccc1C(O)c1ccoc1Br. The molecule has 0 spiro atoms. The number of hydrogen-bond donors (Lipinski definition) is 1. The fourth-order valence-electron chi connectivity index (χ4n) is 1.56. The third kappa shape index (κ3) is 1.99. The molecule has 2 aromatic rings. The summed E-state index contributed by atoms with van der Waals surface area (Å²) < 4.78 is 10.8. The number of halogens is 1. The van der Waals surface area contributed by atoms with Gasteiger partial charge in [0.1, 0.15) is 11.9 Å². The molecule has 0 bridgehead atoms. The van der Waals surface area contributed by atoms with Crippen molar-refractivity contribution >= 4 is 15.9 Å². The Kier molecular flexibility index (Phi) is 3.31. The first-order valence-electron chi connectivity index (χ1n) is 4.78. The molecule has 0 aliphatic carbocycles. The van der Waals surface area contributed by atoms with Crippen LogP contribution in [0.3, 0.4) is 0 Å². The van der Waals surface area contributed by atoms with Crippen molar-refractivity contribution in [1.82, 2.24) is 0 Å². The van der Waals surface area contributed by atoms with Crippen LogP contribution in [-0.4, -0.2) is 12.2 Å². The molecule has 0 saturated carbocycles. The number of para-hydroxylation sites is 1. The second-order valence-corrected chi connectivity index (χ2v) is 4.01. The molecular formula is C12H11BrO3. The van der Waals surface area contributed by atoms with Gasteiger partial charge in [-0.3, -0.25) is 0 Å².